The maximum absolute atomic E-state index is 14.0. The molecule has 6 heteroatoms. The molecule has 5 unspecified atom stereocenters. The molecule has 0 N–H and O–H groups in total. The number of aldehydes is 1. The van der Waals surface area contributed by atoms with E-state index >= 15 is 0 Å². The number of oxime groups is 1. The van der Waals surface area contributed by atoms with Crippen LogP contribution in [0, 0.1) is 46.3 Å². The molecular formula is C22H29NO5. The summed E-state index contributed by atoms with van der Waals surface area (Å²) in [4.78, 5) is 43.3. The Labute approximate surface area is 165 Å². The number of ether oxygens (including phenoxy) is 1. The van der Waals surface area contributed by atoms with Crippen LogP contribution in [0.25, 0.3) is 0 Å². The third-order valence-corrected chi connectivity index (χ3v) is 9.19. The molecule has 0 heterocycles. The number of carbonyl (C=O) groups excluding carboxylic acids is 3. The van der Waals surface area contributed by atoms with Crippen LogP contribution in [0.5, 0.6) is 0 Å². The minimum Gasteiger partial charge on any atom is -0.462 e. The molecule has 0 saturated heterocycles. The number of Topliss-reactive ketones (excluding diaryl/α,β-unsaturated/α-hetero) is 1. The minimum atomic E-state index is -0.547. The molecule has 9 atom stereocenters. The van der Waals surface area contributed by atoms with Crippen LogP contribution in [-0.4, -0.2) is 37.0 Å². The van der Waals surface area contributed by atoms with Gasteiger partial charge in [-0.25, -0.2) is 0 Å². The fourth-order valence-electron chi connectivity index (χ4n) is 8.51. The Morgan fingerprint density at radius 2 is 2.07 bits per heavy atom. The average Bonchev–Trinajstić information content (AvgIpc) is 2.76. The standard InChI is InChI=1S/C22H29NO5/c1-11-14-7-16-20(26)21-6-4-5-13(10-24)15(21)9-18(28-12(2)25)22(16,17(21)8-14)19(11)23-27-3/h10-11,13-18H,4-9H2,1-3H3/b23-19+/t11-,13?,14?,15+,16?,17?,18-,21?,22+/m0/s1. The quantitative estimate of drug-likeness (QED) is 0.422. The number of ketones is 1. The normalized spacial score (nSPS) is 52.3. The largest absolute Gasteiger partial charge is 0.462 e. The van der Waals surface area contributed by atoms with E-state index in [9.17, 15) is 14.4 Å². The summed E-state index contributed by atoms with van der Waals surface area (Å²) in [6, 6.07) is 0. The summed E-state index contributed by atoms with van der Waals surface area (Å²) in [5.74, 6) is 0.420. The van der Waals surface area contributed by atoms with E-state index in [-0.39, 0.29) is 35.6 Å². The SMILES string of the molecule is CO/N=C1\[C@@H](C)C2CC3C(=O)C45CCCC(C=O)[C@H]4C[C@H](OC(C)=O)[C@@]13C5C2. The van der Waals surface area contributed by atoms with Gasteiger partial charge in [-0.3, -0.25) is 9.59 Å². The van der Waals surface area contributed by atoms with Crippen molar-refractivity contribution in [3.05, 3.63) is 0 Å². The molecule has 6 nitrogen and oxygen atoms in total. The zero-order valence-electron chi connectivity index (χ0n) is 16.8. The van der Waals surface area contributed by atoms with Gasteiger partial charge >= 0.3 is 5.97 Å². The van der Waals surface area contributed by atoms with Gasteiger partial charge in [-0.1, -0.05) is 18.5 Å². The Morgan fingerprint density at radius 1 is 1.29 bits per heavy atom. The highest BCUT2D eigenvalue weighted by Crippen LogP contribution is 2.77. The lowest BCUT2D eigenvalue weighted by molar-refractivity contribution is -0.181. The Kier molecular flexibility index (Phi) is 3.86. The third-order valence-electron chi connectivity index (χ3n) is 9.19. The van der Waals surface area contributed by atoms with Crippen LogP contribution in [0.15, 0.2) is 5.16 Å². The molecule has 152 valence electrons. The number of carbonyl (C=O) groups is 3. The van der Waals surface area contributed by atoms with Crippen molar-refractivity contribution in [3.63, 3.8) is 0 Å². The predicted molar refractivity (Wildman–Crippen MR) is 100 cm³/mol. The molecule has 6 aliphatic carbocycles. The lowest BCUT2D eigenvalue weighted by atomic mass is 9.40. The van der Waals surface area contributed by atoms with Crippen molar-refractivity contribution < 1.29 is 24.0 Å². The number of hydrogen-bond acceptors (Lipinski definition) is 6. The van der Waals surface area contributed by atoms with E-state index in [0.717, 1.165) is 44.1 Å². The summed E-state index contributed by atoms with van der Waals surface area (Å²) in [5, 5.41) is 4.47. The summed E-state index contributed by atoms with van der Waals surface area (Å²) in [7, 11) is 1.55. The Balaban J connectivity index is 1.75. The van der Waals surface area contributed by atoms with E-state index in [1.54, 1.807) is 7.11 Å². The predicted octanol–water partition coefficient (Wildman–Crippen LogP) is 2.79. The first kappa shape index (κ1) is 18.3. The van der Waals surface area contributed by atoms with E-state index in [1.165, 1.54) is 6.92 Å². The van der Waals surface area contributed by atoms with E-state index in [2.05, 4.69) is 12.1 Å². The van der Waals surface area contributed by atoms with Gasteiger partial charge in [0.2, 0.25) is 0 Å². The molecule has 0 amide bonds. The highest BCUT2D eigenvalue weighted by Gasteiger charge is 2.82. The summed E-state index contributed by atoms with van der Waals surface area (Å²) >= 11 is 0. The molecule has 6 rings (SSSR count). The van der Waals surface area contributed by atoms with Gasteiger partial charge in [-0.15, -0.1) is 0 Å². The lowest BCUT2D eigenvalue weighted by Crippen LogP contribution is -2.67. The fraction of sp³-hybridized carbons (Fsp3) is 0.818. The maximum Gasteiger partial charge on any atom is 0.302 e. The van der Waals surface area contributed by atoms with Gasteiger partial charge in [0.25, 0.3) is 0 Å². The van der Waals surface area contributed by atoms with Gasteiger partial charge in [0.1, 0.15) is 25.3 Å². The smallest absolute Gasteiger partial charge is 0.302 e. The first-order valence-corrected chi connectivity index (χ1v) is 10.7. The van der Waals surface area contributed by atoms with Gasteiger partial charge in [0, 0.05) is 30.1 Å². The van der Waals surface area contributed by atoms with E-state index < -0.39 is 16.9 Å². The van der Waals surface area contributed by atoms with Crippen LogP contribution < -0.4 is 0 Å². The molecule has 0 radical (unpaired) electrons. The van der Waals surface area contributed by atoms with Gasteiger partial charge in [0.15, 0.2) is 0 Å². The van der Waals surface area contributed by atoms with Crippen molar-refractivity contribution in [1.82, 2.24) is 0 Å². The molecule has 0 aromatic heterocycles. The summed E-state index contributed by atoms with van der Waals surface area (Å²) < 4.78 is 5.94. The average molecular weight is 387 g/mol. The van der Waals surface area contributed by atoms with E-state index in [0.29, 0.717) is 18.1 Å². The van der Waals surface area contributed by atoms with Crippen molar-refractivity contribution in [3.8, 4) is 0 Å². The van der Waals surface area contributed by atoms with Crippen LogP contribution in [0.2, 0.25) is 0 Å². The highest BCUT2D eigenvalue weighted by atomic mass is 16.6. The second kappa shape index (κ2) is 5.90. The number of rotatable bonds is 3. The third kappa shape index (κ3) is 1.85. The summed E-state index contributed by atoms with van der Waals surface area (Å²) in [6.45, 7) is 3.61. The molecule has 5 bridgehead atoms. The highest BCUT2D eigenvalue weighted by molar-refractivity contribution is 6.06. The van der Waals surface area contributed by atoms with E-state index in [4.69, 9.17) is 9.57 Å². The van der Waals surface area contributed by atoms with Crippen LogP contribution in [-0.2, 0) is 24.0 Å². The van der Waals surface area contributed by atoms with Crippen LogP contribution in [0.3, 0.4) is 0 Å². The maximum atomic E-state index is 14.0. The molecule has 0 aromatic rings. The molecule has 6 saturated carbocycles. The lowest BCUT2D eigenvalue weighted by Gasteiger charge is -2.63. The molecule has 6 fully saturated rings. The zero-order valence-corrected chi connectivity index (χ0v) is 16.8. The summed E-state index contributed by atoms with van der Waals surface area (Å²) in [6.07, 6.45) is 5.65. The number of fused-ring (bicyclic) bond motifs is 1. The minimum absolute atomic E-state index is 0.0188. The molecule has 28 heavy (non-hydrogen) atoms. The van der Waals surface area contributed by atoms with Gasteiger partial charge < -0.3 is 14.4 Å². The number of hydrogen-bond donors (Lipinski definition) is 0. The van der Waals surface area contributed by atoms with Gasteiger partial charge in [-0.05, 0) is 49.9 Å². The summed E-state index contributed by atoms with van der Waals surface area (Å²) in [5.41, 5.74) is -0.0707. The Hall–Kier alpha value is -1.72. The second-order valence-corrected chi connectivity index (χ2v) is 9.75. The Morgan fingerprint density at radius 3 is 2.75 bits per heavy atom. The molecule has 0 aliphatic heterocycles. The molecule has 2 spiro atoms. The first-order valence-electron chi connectivity index (χ1n) is 10.7. The number of esters is 1. The van der Waals surface area contributed by atoms with Crippen LogP contribution in [0.4, 0.5) is 0 Å². The molecule has 0 aromatic carbocycles. The monoisotopic (exact) mass is 387 g/mol. The van der Waals surface area contributed by atoms with Gasteiger partial charge in [0.05, 0.1) is 11.1 Å². The Bertz CT molecular complexity index is 777. The van der Waals surface area contributed by atoms with Crippen molar-refractivity contribution in [1.29, 1.82) is 0 Å². The van der Waals surface area contributed by atoms with Crippen LogP contribution >= 0.6 is 0 Å². The van der Waals surface area contributed by atoms with Crippen molar-refractivity contribution in [2.45, 2.75) is 58.5 Å². The fourth-order valence-corrected chi connectivity index (χ4v) is 8.51. The first-order chi connectivity index (χ1) is 13.4. The van der Waals surface area contributed by atoms with Crippen LogP contribution in [0.1, 0.15) is 52.4 Å². The van der Waals surface area contributed by atoms with Crippen molar-refractivity contribution in [2.24, 2.45) is 51.5 Å². The van der Waals surface area contributed by atoms with Crippen molar-refractivity contribution in [2.75, 3.05) is 7.11 Å². The molecular weight excluding hydrogens is 358 g/mol. The van der Waals surface area contributed by atoms with E-state index in [1.807, 2.05) is 0 Å². The zero-order chi connectivity index (χ0) is 19.8. The number of nitrogens with zero attached hydrogens (tertiary/aromatic N) is 1. The topological polar surface area (TPSA) is 82.0 Å². The van der Waals surface area contributed by atoms with Crippen molar-refractivity contribution >= 4 is 23.8 Å². The van der Waals surface area contributed by atoms with Gasteiger partial charge in [-0.2, -0.15) is 0 Å². The molecule has 6 aliphatic rings. The second-order valence-electron chi connectivity index (χ2n) is 9.75.